The molecule has 1 aromatic heterocycles. The van der Waals surface area contributed by atoms with E-state index in [0.29, 0.717) is 5.69 Å². The van der Waals surface area contributed by atoms with Gasteiger partial charge in [0, 0.05) is 17.5 Å². The summed E-state index contributed by atoms with van der Waals surface area (Å²) in [5, 5.41) is 3.56. The van der Waals surface area contributed by atoms with Gasteiger partial charge in [0.25, 0.3) is 0 Å². The number of alkyl halides is 3. The lowest BCUT2D eigenvalue weighted by atomic mass is 9.93. The third-order valence-electron chi connectivity index (χ3n) is 3.83. The number of piperidine rings is 1. The summed E-state index contributed by atoms with van der Waals surface area (Å²) in [6, 6.07) is -2.01. The molecular formula is C14H20F3N3OS. The Morgan fingerprint density at radius 3 is 2.64 bits per heavy atom. The number of aromatic nitrogens is 1. The Hall–Kier alpha value is -1.15. The van der Waals surface area contributed by atoms with Gasteiger partial charge in [0.2, 0.25) is 5.91 Å². The quantitative estimate of drug-likeness (QED) is 0.920. The molecule has 124 valence electrons. The van der Waals surface area contributed by atoms with Gasteiger partial charge in [0.15, 0.2) is 6.04 Å². The summed E-state index contributed by atoms with van der Waals surface area (Å²) in [6.07, 6.45) is -2.70. The number of likely N-dealkylation sites (tertiary alicyclic amines) is 1. The van der Waals surface area contributed by atoms with Crippen LogP contribution in [0.25, 0.3) is 0 Å². The van der Waals surface area contributed by atoms with Gasteiger partial charge in [-0.05, 0) is 45.8 Å². The van der Waals surface area contributed by atoms with Crippen LogP contribution >= 0.6 is 11.3 Å². The molecule has 1 aromatic rings. The molecule has 1 aliphatic rings. The first-order valence-corrected chi connectivity index (χ1v) is 8.10. The lowest BCUT2D eigenvalue weighted by Crippen LogP contribution is -2.40. The van der Waals surface area contributed by atoms with Crippen LogP contribution in [0.2, 0.25) is 0 Å². The smallest absolute Gasteiger partial charge is 0.339 e. The van der Waals surface area contributed by atoms with Crippen molar-refractivity contribution in [1.82, 2.24) is 15.2 Å². The Labute approximate surface area is 131 Å². The first-order valence-electron chi connectivity index (χ1n) is 7.22. The van der Waals surface area contributed by atoms with Gasteiger partial charge in [-0.2, -0.15) is 13.2 Å². The van der Waals surface area contributed by atoms with Crippen molar-refractivity contribution in [2.24, 2.45) is 5.92 Å². The molecule has 2 heterocycles. The third-order valence-corrected chi connectivity index (χ3v) is 4.86. The average Bonchev–Trinajstić information content (AvgIpc) is 2.84. The summed E-state index contributed by atoms with van der Waals surface area (Å²) in [4.78, 5) is 18.0. The van der Waals surface area contributed by atoms with E-state index in [0.717, 1.165) is 37.3 Å². The molecule has 0 radical (unpaired) electrons. The summed E-state index contributed by atoms with van der Waals surface area (Å²) in [5.41, 5.74) is 0.527. The Morgan fingerprint density at radius 2 is 2.14 bits per heavy atom. The third kappa shape index (κ3) is 4.67. The molecule has 8 heteroatoms. The van der Waals surface area contributed by atoms with E-state index in [1.165, 1.54) is 0 Å². The molecule has 1 saturated heterocycles. The number of halogens is 3. The molecule has 1 fully saturated rings. The maximum absolute atomic E-state index is 13.2. The van der Waals surface area contributed by atoms with Crippen LogP contribution in [0.3, 0.4) is 0 Å². The maximum Gasteiger partial charge on any atom is 0.415 e. The van der Waals surface area contributed by atoms with Crippen LogP contribution < -0.4 is 5.32 Å². The Bertz CT molecular complexity index is 510. The van der Waals surface area contributed by atoms with Crippen molar-refractivity contribution in [2.45, 2.75) is 38.4 Å². The van der Waals surface area contributed by atoms with Crippen LogP contribution in [-0.4, -0.2) is 42.1 Å². The number of hydrogen-bond donors (Lipinski definition) is 1. The predicted octanol–water partition coefficient (Wildman–Crippen LogP) is 2.90. The fraction of sp³-hybridized carbons (Fsp3) is 0.714. The van der Waals surface area contributed by atoms with E-state index in [-0.39, 0.29) is 17.3 Å². The van der Waals surface area contributed by atoms with Crippen LogP contribution in [-0.2, 0) is 4.79 Å². The van der Waals surface area contributed by atoms with Crippen molar-refractivity contribution in [3.8, 4) is 0 Å². The van der Waals surface area contributed by atoms with Gasteiger partial charge in [-0.1, -0.05) is 0 Å². The van der Waals surface area contributed by atoms with Gasteiger partial charge in [-0.25, -0.2) is 4.98 Å². The number of amides is 1. The molecular weight excluding hydrogens is 315 g/mol. The largest absolute Gasteiger partial charge is 0.415 e. The lowest BCUT2D eigenvalue weighted by molar-refractivity contribution is -0.163. The van der Waals surface area contributed by atoms with E-state index in [4.69, 9.17) is 0 Å². The molecule has 1 unspecified atom stereocenters. The zero-order valence-electron chi connectivity index (χ0n) is 12.6. The summed E-state index contributed by atoms with van der Waals surface area (Å²) in [5.74, 6) is -0.396. The van der Waals surface area contributed by atoms with Gasteiger partial charge in [-0.3, -0.25) is 4.79 Å². The maximum atomic E-state index is 13.2. The molecule has 0 aromatic carbocycles. The number of hydrogen-bond acceptors (Lipinski definition) is 4. The minimum Gasteiger partial charge on any atom is -0.339 e. The highest BCUT2D eigenvalue weighted by Gasteiger charge is 2.43. The van der Waals surface area contributed by atoms with Crippen molar-refractivity contribution in [2.75, 3.05) is 20.1 Å². The second-order valence-corrected chi connectivity index (χ2v) is 6.71. The molecule has 2 rings (SSSR count). The van der Waals surface area contributed by atoms with Gasteiger partial charge in [0.05, 0.1) is 0 Å². The first kappa shape index (κ1) is 17.2. The summed E-state index contributed by atoms with van der Waals surface area (Å²) in [7, 11) is 2.00. The van der Waals surface area contributed by atoms with E-state index in [2.05, 4.69) is 15.2 Å². The van der Waals surface area contributed by atoms with Crippen molar-refractivity contribution in [1.29, 1.82) is 0 Å². The molecule has 1 aliphatic heterocycles. The van der Waals surface area contributed by atoms with E-state index in [1.54, 1.807) is 12.3 Å². The monoisotopic (exact) mass is 335 g/mol. The highest BCUT2D eigenvalue weighted by Crippen LogP contribution is 2.34. The van der Waals surface area contributed by atoms with E-state index in [9.17, 15) is 18.0 Å². The van der Waals surface area contributed by atoms with Crippen molar-refractivity contribution >= 4 is 17.2 Å². The van der Waals surface area contributed by atoms with Crippen LogP contribution in [0, 0.1) is 12.8 Å². The van der Waals surface area contributed by atoms with Gasteiger partial charge in [-0.15, -0.1) is 11.3 Å². The van der Waals surface area contributed by atoms with Crippen LogP contribution in [0.1, 0.15) is 36.0 Å². The van der Waals surface area contributed by atoms with Crippen molar-refractivity contribution in [3.63, 3.8) is 0 Å². The van der Waals surface area contributed by atoms with E-state index < -0.39 is 18.1 Å². The molecule has 22 heavy (non-hydrogen) atoms. The molecule has 0 bridgehead atoms. The number of carbonyl (C=O) groups is 1. The molecule has 1 N–H and O–H groups in total. The highest BCUT2D eigenvalue weighted by atomic mass is 32.1. The number of rotatable bonds is 4. The molecule has 1 atom stereocenters. The van der Waals surface area contributed by atoms with Crippen molar-refractivity contribution in [3.05, 3.63) is 16.1 Å². The van der Waals surface area contributed by atoms with Crippen molar-refractivity contribution < 1.29 is 18.0 Å². The zero-order chi connectivity index (χ0) is 16.3. The first-order chi connectivity index (χ1) is 10.3. The molecule has 0 spiro atoms. The normalized spacial score (nSPS) is 19.1. The fourth-order valence-electron chi connectivity index (χ4n) is 2.54. The summed E-state index contributed by atoms with van der Waals surface area (Å²) >= 11 is 0.920. The molecule has 1 amide bonds. The minimum atomic E-state index is -4.53. The zero-order valence-corrected chi connectivity index (χ0v) is 13.4. The van der Waals surface area contributed by atoms with Gasteiger partial charge in [0.1, 0.15) is 5.01 Å². The number of nitrogens with one attached hydrogen (secondary N) is 1. The van der Waals surface area contributed by atoms with Crippen LogP contribution in [0.4, 0.5) is 13.2 Å². The SMILES string of the molecule is Cc1csc(C(NC(=O)CC2CCN(C)CC2)C(F)(F)F)n1. The summed E-state index contributed by atoms with van der Waals surface area (Å²) in [6.45, 7) is 3.40. The molecule has 4 nitrogen and oxygen atoms in total. The van der Waals surface area contributed by atoms with Crippen LogP contribution in [0.5, 0.6) is 0 Å². The number of nitrogens with zero attached hydrogens (tertiary/aromatic N) is 2. The molecule has 0 aliphatic carbocycles. The number of carbonyl (C=O) groups excluding carboxylic acids is 1. The van der Waals surface area contributed by atoms with Gasteiger partial charge < -0.3 is 10.2 Å². The Morgan fingerprint density at radius 1 is 1.50 bits per heavy atom. The standard InChI is InChI=1S/C14H20F3N3OS/c1-9-8-22-13(18-9)12(14(15,16)17)19-11(21)7-10-3-5-20(2)6-4-10/h8,10,12H,3-7H2,1-2H3,(H,19,21). The highest BCUT2D eigenvalue weighted by molar-refractivity contribution is 7.09. The predicted molar refractivity (Wildman–Crippen MR) is 78.6 cm³/mol. The average molecular weight is 335 g/mol. The Balaban J connectivity index is 1.97. The minimum absolute atomic E-state index is 0.110. The number of aryl methyl sites for hydroxylation is 1. The van der Waals surface area contributed by atoms with Gasteiger partial charge >= 0.3 is 6.18 Å². The Kier molecular flexibility index (Phi) is 5.44. The molecule has 0 saturated carbocycles. The topological polar surface area (TPSA) is 45.2 Å². The summed E-state index contributed by atoms with van der Waals surface area (Å²) < 4.78 is 39.5. The van der Waals surface area contributed by atoms with E-state index in [1.807, 2.05) is 7.05 Å². The fourth-order valence-corrected chi connectivity index (χ4v) is 3.41. The second kappa shape index (κ2) is 6.95. The lowest BCUT2D eigenvalue weighted by Gasteiger charge is -2.29. The second-order valence-electron chi connectivity index (χ2n) is 5.82. The number of thiazole rings is 1. The van der Waals surface area contributed by atoms with E-state index >= 15 is 0 Å². The van der Waals surface area contributed by atoms with Crippen LogP contribution in [0.15, 0.2) is 5.38 Å².